The van der Waals surface area contributed by atoms with E-state index in [1.165, 1.54) is 37.4 Å². The molecule has 0 fully saturated rings. The SMILES string of the molecule is COc1ccccc1NS(=O)(=O)c1ccc(C(=O)Nc2cc(F)c(F)cc2F)cc1. The number of methoxy groups -OCH3 is 1. The quantitative estimate of drug-likeness (QED) is 0.568. The predicted octanol–water partition coefficient (Wildman–Crippen LogP) is 4.17. The van der Waals surface area contributed by atoms with E-state index in [2.05, 4.69) is 10.0 Å². The molecule has 0 heterocycles. The lowest BCUT2D eigenvalue weighted by Crippen LogP contribution is -2.16. The van der Waals surface area contributed by atoms with Gasteiger partial charge in [0.15, 0.2) is 11.6 Å². The third kappa shape index (κ3) is 4.54. The Balaban J connectivity index is 1.78. The minimum Gasteiger partial charge on any atom is -0.495 e. The van der Waals surface area contributed by atoms with Gasteiger partial charge in [-0.2, -0.15) is 0 Å². The number of ether oxygens (including phenoxy) is 1. The average molecular weight is 436 g/mol. The first-order valence-corrected chi connectivity index (χ1v) is 9.91. The Hall–Kier alpha value is -3.53. The second-order valence-corrected chi connectivity index (χ2v) is 7.71. The Bertz CT molecular complexity index is 1200. The van der Waals surface area contributed by atoms with Crippen LogP contribution in [0, 0.1) is 17.5 Å². The number of hydrogen-bond acceptors (Lipinski definition) is 4. The Morgan fingerprint density at radius 3 is 2.17 bits per heavy atom. The van der Waals surface area contributed by atoms with Crippen molar-refractivity contribution in [3.05, 3.63) is 83.7 Å². The first-order valence-electron chi connectivity index (χ1n) is 8.43. The molecule has 0 saturated carbocycles. The zero-order valence-corrected chi connectivity index (χ0v) is 16.3. The van der Waals surface area contributed by atoms with Gasteiger partial charge >= 0.3 is 0 Å². The van der Waals surface area contributed by atoms with Gasteiger partial charge in [-0.15, -0.1) is 0 Å². The number of hydrogen-bond donors (Lipinski definition) is 2. The first kappa shape index (κ1) is 21.2. The van der Waals surface area contributed by atoms with Crippen molar-refractivity contribution in [3.63, 3.8) is 0 Å². The Kier molecular flexibility index (Phi) is 5.97. The molecule has 0 aromatic heterocycles. The highest BCUT2D eigenvalue weighted by Gasteiger charge is 2.18. The molecule has 30 heavy (non-hydrogen) atoms. The van der Waals surface area contributed by atoms with Crippen LogP contribution in [0.5, 0.6) is 5.75 Å². The fraction of sp³-hybridized carbons (Fsp3) is 0.0500. The topological polar surface area (TPSA) is 84.5 Å². The van der Waals surface area contributed by atoms with Gasteiger partial charge in [0.05, 0.1) is 23.4 Å². The molecule has 0 aliphatic carbocycles. The molecule has 6 nitrogen and oxygen atoms in total. The van der Waals surface area contributed by atoms with E-state index in [1.807, 2.05) is 0 Å². The van der Waals surface area contributed by atoms with Crippen molar-refractivity contribution in [1.29, 1.82) is 0 Å². The van der Waals surface area contributed by atoms with Gasteiger partial charge in [-0.1, -0.05) is 12.1 Å². The predicted molar refractivity (Wildman–Crippen MR) is 105 cm³/mol. The van der Waals surface area contributed by atoms with Crippen LogP contribution in [0.25, 0.3) is 0 Å². The molecule has 0 aliphatic heterocycles. The fourth-order valence-corrected chi connectivity index (χ4v) is 3.60. The van der Waals surface area contributed by atoms with Crippen molar-refractivity contribution in [3.8, 4) is 5.75 Å². The summed E-state index contributed by atoms with van der Waals surface area (Å²) in [5, 5.41) is 2.11. The molecule has 0 spiro atoms. The maximum atomic E-state index is 13.7. The smallest absolute Gasteiger partial charge is 0.262 e. The van der Waals surface area contributed by atoms with Crippen molar-refractivity contribution in [2.24, 2.45) is 0 Å². The number of para-hydroxylation sites is 2. The van der Waals surface area contributed by atoms with E-state index >= 15 is 0 Å². The van der Waals surface area contributed by atoms with Crippen LogP contribution in [0.2, 0.25) is 0 Å². The van der Waals surface area contributed by atoms with Crippen LogP contribution in [0.15, 0.2) is 65.6 Å². The molecule has 0 saturated heterocycles. The van der Waals surface area contributed by atoms with Crippen molar-refractivity contribution in [2.45, 2.75) is 4.90 Å². The molecule has 0 unspecified atom stereocenters. The van der Waals surface area contributed by atoms with Crippen molar-refractivity contribution < 1.29 is 31.1 Å². The van der Waals surface area contributed by atoms with E-state index in [1.54, 1.807) is 18.2 Å². The lowest BCUT2D eigenvalue weighted by Gasteiger charge is -2.12. The molecular formula is C20H15F3N2O4S. The number of rotatable bonds is 6. The maximum Gasteiger partial charge on any atom is 0.262 e. The maximum absolute atomic E-state index is 13.7. The molecule has 3 aromatic rings. The zero-order chi connectivity index (χ0) is 21.9. The summed E-state index contributed by atoms with van der Waals surface area (Å²) in [7, 11) is -2.58. The standard InChI is InChI=1S/C20H15F3N2O4S/c1-29-19-5-3-2-4-17(19)25-30(27,28)13-8-6-12(7-9-13)20(26)24-18-11-15(22)14(21)10-16(18)23/h2-11,25H,1H3,(H,24,26). The average Bonchev–Trinajstić information content (AvgIpc) is 2.72. The normalized spacial score (nSPS) is 11.1. The molecule has 2 N–H and O–H groups in total. The number of carbonyl (C=O) groups is 1. The van der Waals surface area contributed by atoms with Crippen LogP contribution in [0.3, 0.4) is 0 Å². The van der Waals surface area contributed by atoms with Gasteiger partial charge in [-0.05, 0) is 36.4 Å². The van der Waals surface area contributed by atoms with Gasteiger partial charge in [-0.25, -0.2) is 21.6 Å². The molecule has 156 valence electrons. The second-order valence-electron chi connectivity index (χ2n) is 6.03. The summed E-state index contributed by atoms with van der Waals surface area (Å²) in [5.41, 5.74) is -0.334. The summed E-state index contributed by atoms with van der Waals surface area (Å²) in [6.07, 6.45) is 0. The van der Waals surface area contributed by atoms with Crippen LogP contribution in [0.1, 0.15) is 10.4 Å². The lowest BCUT2D eigenvalue weighted by atomic mass is 10.2. The van der Waals surface area contributed by atoms with Gasteiger partial charge in [0.2, 0.25) is 0 Å². The Morgan fingerprint density at radius 2 is 1.50 bits per heavy atom. The van der Waals surface area contributed by atoms with Crippen molar-refractivity contribution >= 4 is 27.3 Å². The van der Waals surface area contributed by atoms with E-state index in [0.717, 1.165) is 0 Å². The van der Waals surface area contributed by atoms with E-state index < -0.39 is 39.1 Å². The van der Waals surface area contributed by atoms with Crippen LogP contribution >= 0.6 is 0 Å². The highest BCUT2D eigenvalue weighted by atomic mass is 32.2. The molecule has 0 atom stereocenters. The Morgan fingerprint density at radius 1 is 0.867 bits per heavy atom. The molecule has 1 amide bonds. The van der Waals surface area contributed by atoms with Crippen LogP contribution in [-0.4, -0.2) is 21.4 Å². The van der Waals surface area contributed by atoms with E-state index in [0.29, 0.717) is 17.9 Å². The monoisotopic (exact) mass is 436 g/mol. The minimum atomic E-state index is -3.98. The van der Waals surface area contributed by atoms with Gasteiger partial charge in [-0.3, -0.25) is 9.52 Å². The third-order valence-corrected chi connectivity index (χ3v) is 5.42. The van der Waals surface area contributed by atoms with Crippen LogP contribution in [-0.2, 0) is 10.0 Å². The lowest BCUT2D eigenvalue weighted by molar-refractivity contribution is 0.102. The molecule has 3 rings (SSSR count). The molecule has 0 aliphatic rings. The summed E-state index contributed by atoms with van der Waals surface area (Å²) in [4.78, 5) is 12.1. The van der Waals surface area contributed by atoms with Gasteiger partial charge < -0.3 is 10.1 Å². The largest absolute Gasteiger partial charge is 0.495 e. The highest BCUT2D eigenvalue weighted by Crippen LogP contribution is 2.26. The molecular weight excluding hydrogens is 421 g/mol. The van der Waals surface area contributed by atoms with Crippen molar-refractivity contribution in [1.82, 2.24) is 0 Å². The number of carbonyl (C=O) groups excluding carboxylic acids is 1. The summed E-state index contributed by atoms with van der Waals surface area (Å²) < 4.78 is 72.5. The number of halogens is 3. The minimum absolute atomic E-state index is 0.0182. The molecule has 3 aromatic carbocycles. The number of nitrogens with one attached hydrogen (secondary N) is 2. The zero-order valence-electron chi connectivity index (χ0n) is 15.4. The van der Waals surface area contributed by atoms with E-state index in [4.69, 9.17) is 4.74 Å². The summed E-state index contributed by atoms with van der Waals surface area (Å²) >= 11 is 0. The molecule has 0 radical (unpaired) electrons. The van der Waals surface area contributed by atoms with Crippen molar-refractivity contribution in [2.75, 3.05) is 17.1 Å². The molecule has 10 heteroatoms. The summed E-state index contributed by atoms with van der Waals surface area (Å²) in [6, 6.07) is 12.0. The molecule has 0 bridgehead atoms. The highest BCUT2D eigenvalue weighted by molar-refractivity contribution is 7.92. The summed E-state index contributed by atoms with van der Waals surface area (Å²) in [5.74, 6) is -4.37. The number of benzene rings is 3. The van der Waals surface area contributed by atoms with Gasteiger partial charge in [0.25, 0.3) is 15.9 Å². The van der Waals surface area contributed by atoms with Crippen LogP contribution in [0.4, 0.5) is 24.5 Å². The number of anilines is 2. The number of amides is 1. The van der Waals surface area contributed by atoms with E-state index in [-0.39, 0.29) is 16.1 Å². The fourth-order valence-electron chi connectivity index (χ4n) is 2.53. The first-order chi connectivity index (χ1) is 14.2. The van der Waals surface area contributed by atoms with E-state index in [9.17, 15) is 26.4 Å². The van der Waals surface area contributed by atoms with Crippen LogP contribution < -0.4 is 14.8 Å². The third-order valence-electron chi connectivity index (χ3n) is 4.04. The van der Waals surface area contributed by atoms with Gasteiger partial charge in [0.1, 0.15) is 11.6 Å². The number of sulfonamides is 1. The second kappa shape index (κ2) is 8.46. The van der Waals surface area contributed by atoms with Gasteiger partial charge in [0, 0.05) is 17.7 Å². The summed E-state index contributed by atoms with van der Waals surface area (Å²) in [6.45, 7) is 0. The Labute approximate surface area is 170 Å².